The zero-order valence-electron chi connectivity index (χ0n) is 16.6. The number of morpholine rings is 1. The molecule has 5 fully saturated rings. The zero-order chi connectivity index (χ0) is 17.9. The van der Waals surface area contributed by atoms with Crippen molar-refractivity contribution in [3.63, 3.8) is 0 Å². The van der Waals surface area contributed by atoms with Crippen molar-refractivity contribution >= 4 is 5.91 Å². The summed E-state index contributed by atoms with van der Waals surface area (Å²) in [5, 5.41) is 3.39. The Morgan fingerprint density at radius 3 is 2.24 bits per heavy atom. The SMILES string of the molecule is CC12CC3CC(C)(C1)CC(C(=O)NCC(C)(C)N1CCOCC1)(C3)C2. The number of carbonyl (C=O) groups excluding carboxylic acids is 1. The zero-order valence-corrected chi connectivity index (χ0v) is 16.6. The van der Waals surface area contributed by atoms with Crippen LogP contribution in [0.25, 0.3) is 0 Å². The summed E-state index contributed by atoms with van der Waals surface area (Å²) in [6, 6.07) is 0. The first kappa shape index (κ1) is 17.8. The van der Waals surface area contributed by atoms with E-state index in [2.05, 4.69) is 37.9 Å². The van der Waals surface area contributed by atoms with Gasteiger partial charge in [0.1, 0.15) is 0 Å². The molecule has 4 nitrogen and oxygen atoms in total. The van der Waals surface area contributed by atoms with Gasteiger partial charge < -0.3 is 10.1 Å². The summed E-state index contributed by atoms with van der Waals surface area (Å²) in [5.74, 6) is 1.11. The van der Waals surface area contributed by atoms with Gasteiger partial charge in [0.2, 0.25) is 5.91 Å². The molecule has 0 radical (unpaired) electrons. The molecular formula is C21H36N2O2. The minimum absolute atomic E-state index is 0.00443. The summed E-state index contributed by atoms with van der Waals surface area (Å²) < 4.78 is 5.48. The number of nitrogens with zero attached hydrogens (tertiary/aromatic N) is 1. The fourth-order valence-electron chi connectivity index (χ4n) is 7.47. The second kappa shape index (κ2) is 5.69. The van der Waals surface area contributed by atoms with Crippen LogP contribution >= 0.6 is 0 Å². The van der Waals surface area contributed by atoms with Gasteiger partial charge in [0, 0.05) is 25.2 Å². The molecule has 1 heterocycles. The summed E-state index contributed by atoms with van der Waals surface area (Å²) in [4.78, 5) is 15.8. The molecule has 4 heteroatoms. The van der Waals surface area contributed by atoms with E-state index in [0.717, 1.165) is 58.0 Å². The van der Waals surface area contributed by atoms with Crippen LogP contribution in [0, 0.1) is 22.2 Å². The Labute approximate surface area is 153 Å². The highest BCUT2D eigenvalue weighted by Gasteiger charge is 2.62. The van der Waals surface area contributed by atoms with Gasteiger partial charge in [-0.3, -0.25) is 9.69 Å². The Hall–Kier alpha value is -0.610. The Bertz CT molecular complexity index is 534. The van der Waals surface area contributed by atoms with Crippen LogP contribution in [0.15, 0.2) is 0 Å². The van der Waals surface area contributed by atoms with E-state index >= 15 is 0 Å². The Morgan fingerprint density at radius 1 is 1.08 bits per heavy atom. The van der Waals surface area contributed by atoms with Crippen molar-refractivity contribution in [2.75, 3.05) is 32.8 Å². The molecule has 142 valence electrons. The summed E-state index contributed by atoms with van der Waals surface area (Å²) in [6.07, 6.45) is 7.35. The lowest BCUT2D eigenvalue weighted by Gasteiger charge is -2.64. The number of ether oxygens (including phenoxy) is 1. The minimum Gasteiger partial charge on any atom is -0.379 e. The van der Waals surface area contributed by atoms with E-state index in [1.807, 2.05) is 0 Å². The maximum atomic E-state index is 13.4. The first-order chi connectivity index (χ1) is 11.6. The van der Waals surface area contributed by atoms with Gasteiger partial charge in [0.25, 0.3) is 0 Å². The molecule has 0 aromatic carbocycles. The van der Waals surface area contributed by atoms with E-state index in [4.69, 9.17) is 4.74 Å². The fraction of sp³-hybridized carbons (Fsp3) is 0.952. The van der Waals surface area contributed by atoms with E-state index in [-0.39, 0.29) is 11.0 Å². The molecule has 0 aromatic rings. The highest BCUT2D eigenvalue weighted by molar-refractivity contribution is 5.83. The third-order valence-corrected chi connectivity index (χ3v) is 7.66. The van der Waals surface area contributed by atoms with Crippen molar-refractivity contribution in [3.05, 3.63) is 0 Å². The molecule has 4 bridgehead atoms. The van der Waals surface area contributed by atoms with Crippen molar-refractivity contribution in [2.24, 2.45) is 22.2 Å². The molecule has 1 aliphatic heterocycles. The number of carbonyl (C=O) groups is 1. The molecule has 2 unspecified atom stereocenters. The summed E-state index contributed by atoms with van der Waals surface area (Å²) in [7, 11) is 0. The third-order valence-electron chi connectivity index (χ3n) is 7.66. The molecule has 1 saturated heterocycles. The molecule has 25 heavy (non-hydrogen) atoms. The molecule has 1 amide bonds. The molecule has 4 aliphatic carbocycles. The van der Waals surface area contributed by atoms with E-state index in [1.54, 1.807) is 0 Å². The van der Waals surface area contributed by atoms with Crippen LogP contribution in [0.4, 0.5) is 0 Å². The van der Waals surface area contributed by atoms with Gasteiger partial charge in [-0.25, -0.2) is 0 Å². The number of hydrogen-bond donors (Lipinski definition) is 1. The van der Waals surface area contributed by atoms with Gasteiger partial charge in [0.15, 0.2) is 0 Å². The number of amides is 1. The van der Waals surface area contributed by atoms with Gasteiger partial charge in [-0.05, 0) is 69.1 Å². The van der Waals surface area contributed by atoms with Crippen LogP contribution in [0.2, 0.25) is 0 Å². The quantitative estimate of drug-likeness (QED) is 0.848. The van der Waals surface area contributed by atoms with Crippen LogP contribution in [0.3, 0.4) is 0 Å². The van der Waals surface area contributed by atoms with Crippen LogP contribution < -0.4 is 5.32 Å². The highest BCUT2D eigenvalue weighted by Crippen LogP contribution is 2.69. The smallest absolute Gasteiger partial charge is 0.226 e. The maximum Gasteiger partial charge on any atom is 0.226 e. The normalized spacial score (nSPS) is 44.1. The molecule has 5 rings (SSSR count). The van der Waals surface area contributed by atoms with Gasteiger partial charge >= 0.3 is 0 Å². The number of hydrogen-bond acceptors (Lipinski definition) is 3. The summed E-state index contributed by atoms with van der Waals surface area (Å²) >= 11 is 0. The van der Waals surface area contributed by atoms with Crippen LogP contribution in [0.1, 0.15) is 66.2 Å². The second-order valence-electron chi connectivity index (χ2n) is 11.0. The van der Waals surface area contributed by atoms with Crippen molar-refractivity contribution < 1.29 is 9.53 Å². The van der Waals surface area contributed by atoms with Crippen molar-refractivity contribution in [1.82, 2.24) is 10.2 Å². The van der Waals surface area contributed by atoms with Crippen LogP contribution in [-0.2, 0) is 9.53 Å². The van der Waals surface area contributed by atoms with Crippen molar-refractivity contribution in [1.29, 1.82) is 0 Å². The Morgan fingerprint density at radius 2 is 1.68 bits per heavy atom. The van der Waals surface area contributed by atoms with Gasteiger partial charge in [0.05, 0.1) is 18.6 Å². The fourth-order valence-corrected chi connectivity index (χ4v) is 7.47. The van der Waals surface area contributed by atoms with Gasteiger partial charge in [-0.1, -0.05) is 13.8 Å². The van der Waals surface area contributed by atoms with Crippen LogP contribution in [-0.4, -0.2) is 49.2 Å². The van der Waals surface area contributed by atoms with Gasteiger partial charge in [-0.2, -0.15) is 0 Å². The predicted molar refractivity (Wildman–Crippen MR) is 99.3 cm³/mol. The Balaban J connectivity index is 1.44. The second-order valence-corrected chi connectivity index (χ2v) is 11.0. The van der Waals surface area contributed by atoms with Gasteiger partial charge in [-0.15, -0.1) is 0 Å². The lowest BCUT2D eigenvalue weighted by Crippen LogP contribution is -2.62. The molecule has 4 saturated carbocycles. The Kier molecular flexibility index (Phi) is 4.05. The van der Waals surface area contributed by atoms with Crippen molar-refractivity contribution in [2.45, 2.75) is 71.8 Å². The number of rotatable bonds is 4. The molecular weight excluding hydrogens is 312 g/mol. The average molecular weight is 349 g/mol. The predicted octanol–water partition coefficient (Wildman–Crippen LogP) is 3.21. The van der Waals surface area contributed by atoms with E-state index in [9.17, 15) is 4.79 Å². The first-order valence-electron chi connectivity index (χ1n) is 10.3. The standard InChI is InChI=1S/C21H36N2O2/c1-18(2,23-5-7-25-8-6-23)15-22-17(24)21-11-16-9-19(3,13-21)12-20(4,10-16)14-21/h16H,5-15H2,1-4H3,(H,22,24). The first-order valence-corrected chi connectivity index (χ1v) is 10.3. The average Bonchev–Trinajstić information content (AvgIpc) is 2.50. The summed E-state index contributed by atoms with van der Waals surface area (Å²) in [6.45, 7) is 13.7. The molecule has 1 N–H and O–H groups in total. The lowest BCUT2D eigenvalue weighted by atomic mass is 9.40. The van der Waals surface area contributed by atoms with Crippen molar-refractivity contribution in [3.8, 4) is 0 Å². The topological polar surface area (TPSA) is 41.6 Å². The monoisotopic (exact) mass is 348 g/mol. The maximum absolute atomic E-state index is 13.4. The van der Waals surface area contributed by atoms with E-state index < -0.39 is 0 Å². The molecule has 0 spiro atoms. The largest absolute Gasteiger partial charge is 0.379 e. The van der Waals surface area contributed by atoms with E-state index in [0.29, 0.717) is 16.7 Å². The molecule has 0 aromatic heterocycles. The van der Waals surface area contributed by atoms with Crippen LogP contribution in [0.5, 0.6) is 0 Å². The summed E-state index contributed by atoms with van der Waals surface area (Å²) in [5.41, 5.74) is 0.690. The third kappa shape index (κ3) is 3.14. The number of nitrogens with one attached hydrogen (secondary N) is 1. The lowest BCUT2D eigenvalue weighted by molar-refractivity contribution is -0.170. The highest BCUT2D eigenvalue weighted by atomic mass is 16.5. The molecule has 5 aliphatic rings. The van der Waals surface area contributed by atoms with E-state index in [1.165, 1.54) is 19.3 Å². The minimum atomic E-state index is -0.0932. The molecule has 2 atom stereocenters.